The van der Waals surface area contributed by atoms with Crippen molar-refractivity contribution in [2.24, 2.45) is 0 Å². The third kappa shape index (κ3) is 4.21. The van der Waals surface area contributed by atoms with E-state index in [9.17, 15) is 9.90 Å². The van der Waals surface area contributed by atoms with Crippen LogP contribution in [0.1, 0.15) is 23.4 Å². The van der Waals surface area contributed by atoms with E-state index >= 15 is 0 Å². The first-order valence-electron chi connectivity index (χ1n) is 9.11. The fraction of sp³-hybridized carbons (Fsp3) is 0.316. The highest BCUT2D eigenvalue weighted by Gasteiger charge is 2.17. The second kappa shape index (κ2) is 8.34. The monoisotopic (exact) mass is 415 g/mol. The first kappa shape index (κ1) is 19.0. The number of aryl methyl sites for hydroxylation is 2. The van der Waals surface area contributed by atoms with Crippen molar-refractivity contribution in [3.05, 3.63) is 57.3 Å². The van der Waals surface area contributed by atoms with Gasteiger partial charge in [0, 0.05) is 22.4 Å². The van der Waals surface area contributed by atoms with Crippen LogP contribution < -0.4 is 16.6 Å². The second-order valence-electron chi connectivity index (χ2n) is 6.54. The summed E-state index contributed by atoms with van der Waals surface area (Å²) in [5.41, 5.74) is 7.62. The van der Waals surface area contributed by atoms with Gasteiger partial charge < -0.3 is 16.2 Å². The number of nitrogens with zero attached hydrogens (tertiary/aromatic N) is 3. The Labute approximate surface area is 170 Å². The minimum Gasteiger partial charge on any atom is -0.385 e. The molecule has 3 aromatic rings. The van der Waals surface area contributed by atoms with Crippen LogP contribution in [0.2, 0.25) is 0 Å². The first-order chi connectivity index (χ1) is 13.6. The largest absolute Gasteiger partial charge is 0.385 e. The molecule has 0 amide bonds. The van der Waals surface area contributed by atoms with Crippen LogP contribution >= 0.6 is 23.1 Å². The molecule has 2 aromatic heterocycles. The number of thioether (sulfide) groups is 1. The third-order valence-electron chi connectivity index (χ3n) is 4.45. The highest BCUT2D eigenvalue weighted by molar-refractivity contribution is 7.99. The molecule has 1 aliphatic carbocycles. The number of aliphatic hydroxyl groups excluding tert-OH is 1. The predicted octanol–water partition coefficient (Wildman–Crippen LogP) is 2.67. The molecular weight excluding hydrogens is 394 g/mol. The van der Waals surface area contributed by atoms with Crippen molar-refractivity contribution < 1.29 is 5.11 Å². The van der Waals surface area contributed by atoms with Crippen LogP contribution in [-0.2, 0) is 12.8 Å². The summed E-state index contributed by atoms with van der Waals surface area (Å²) < 4.78 is 1.71. The van der Waals surface area contributed by atoms with E-state index in [-0.39, 0.29) is 0 Å². The summed E-state index contributed by atoms with van der Waals surface area (Å²) in [6.07, 6.45) is 3.63. The van der Waals surface area contributed by atoms with Gasteiger partial charge >= 0.3 is 0 Å². The molecule has 9 heteroatoms. The molecule has 1 atom stereocenters. The Bertz CT molecular complexity index is 995. The quantitative estimate of drug-likeness (QED) is 0.323. The fourth-order valence-corrected chi connectivity index (χ4v) is 5.14. The van der Waals surface area contributed by atoms with Crippen molar-refractivity contribution >= 4 is 34.0 Å². The number of rotatable bonds is 6. The number of nitrogens with one attached hydrogen (secondary N) is 1. The van der Waals surface area contributed by atoms with Crippen molar-refractivity contribution in [3.63, 3.8) is 0 Å². The van der Waals surface area contributed by atoms with Gasteiger partial charge in [-0.15, -0.1) is 11.3 Å². The van der Waals surface area contributed by atoms with Gasteiger partial charge in [-0.05, 0) is 37.8 Å². The summed E-state index contributed by atoms with van der Waals surface area (Å²) in [7, 11) is 0. The second-order valence-corrected chi connectivity index (χ2v) is 8.61. The molecule has 1 unspecified atom stereocenters. The van der Waals surface area contributed by atoms with E-state index in [1.807, 2.05) is 30.3 Å². The molecule has 0 saturated carbocycles. The molecule has 1 aromatic carbocycles. The Balaban J connectivity index is 1.48. The topological polar surface area (TPSA) is 106 Å². The minimum absolute atomic E-state index is 0.299. The normalized spacial score (nSPS) is 14.5. The van der Waals surface area contributed by atoms with Gasteiger partial charge in [0.25, 0.3) is 5.56 Å². The van der Waals surface area contributed by atoms with Crippen molar-refractivity contribution in [2.75, 3.05) is 16.8 Å². The number of para-hydroxylation sites is 1. The predicted molar refractivity (Wildman–Crippen MR) is 113 cm³/mol. The van der Waals surface area contributed by atoms with Crippen LogP contribution in [0.3, 0.4) is 0 Å². The molecule has 0 aliphatic heterocycles. The Morgan fingerprint density at radius 1 is 1.25 bits per heavy atom. The van der Waals surface area contributed by atoms with Crippen molar-refractivity contribution in [3.8, 4) is 5.69 Å². The molecule has 146 valence electrons. The SMILES string of the molecule is Nc1cc(=O)nc(SCC(O)Nc2nc3c(s2)CCCC3)n1-c1ccccc1. The van der Waals surface area contributed by atoms with Crippen LogP contribution in [-0.4, -0.2) is 31.6 Å². The van der Waals surface area contributed by atoms with Crippen molar-refractivity contribution in [1.82, 2.24) is 14.5 Å². The molecule has 0 radical (unpaired) electrons. The highest BCUT2D eigenvalue weighted by Crippen LogP contribution is 2.30. The number of nitrogen functional groups attached to an aromatic ring is 1. The smallest absolute Gasteiger partial charge is 0.275 e. The molecular formula is C19H21N5O2S2. The molecule has 4 rings (SSSR count). The highest BCUT2D eigenvalue weighted by atomic mass is 32.2. The number of thiazole rings is 1. The van der Waals surface area contributed by atoms with E-state index in [2.05, 4.69) is 15.3 Å². The zero-order valence-electron chi connectivity index (χ0n) is 15.2. The standard InChI is InChI=1S/C19H21N5O2S2/c20-15-10-16(25)23-19(24(15)12-6-2-1-3-7-12)27-11-17(26)22-18-21-13-8-4-5-9-14(13)28-18/h1-3,6-7,10,17,26H,4-5,8-9,11,20H2,(H,21,22). The number of anilines is 2. The maximum Gasteiger partial charge on any atom is 0.275 e. The van der Waals surface area contributed by atoms with Gasteiger partial charge in [0.1, 0.15) is 12.0 Å². The summed E-state index contributed by atoms with van der Waals surface area (Å²) >= 11 is 2.88. The van der Waals surface area contributed by atoms with Crippen LogP contribution in [0.5, 0.6) is 0 Å². The molecule has 28 heavy (non-hydrogen) atoms. The lowest BCUT2D eigenvalue weighted by Crippen LogP contribution is -2.23. The number of hydrogen-bond acceptors (Lipinski definition) is 8. The summed E-state index contributed by atoms with van der Waals surface area (Å²) in [6, 6.07) is 10.8. The van der Waals surface area contributed by atoms with E-state index in [1.54, 1.807) is 15.9 Å². The van der Waals surface area contributed by atoms with Gasteiger partial charge in [0.2, 0.25) is 0 Å². The first-order valence-corrected chi connectivity index (χ1v) is 10.9. The molecule has 4 N–H and O–H groups in total. The average molecular weight is 416 g/mol. The fourth-order valence-electron chi connectivity index (χ4n) is 3.16. The zero-order chi connectivity index (χ0) is 19.5. The van der Waals surface area contributed by atoms with E-state index in [0.717, 1.165) is 29.4 Å². The summed E-state index contributed by atoms with van der Waals surface area (Å²) in [4.78, 5) is 21.8. The third-order valence-corrected chi connectivity index (χ3v) is 6.55. The average Bonchev–Trinajstić information content (AvgIpc) is 3.09. The number of aromatic nitrogens is 3. The number of benzene rings is 1. The Morgan fingerprint density at radius 2 is 2.04 bits per heavy atom. The van der Waals surface area contributed by atoms with Crippen LogP contribution in [0.4, 0.5) is 10.9 Å². The molecule has 2 heterocycles. The lowest BCUT2D eigenvalue weighted by molar-refractivity contribution is 0.229. The maximum absolute atomic E-state index is 11.8. The number of fused-ring (bicyclic) bond motifs is 1. The lowest BCUT2D eigenvalue weighted by Gasteiger charge is -2.16. The van der Waals surface area contributed by atoms with E-state index < -0.39 is 11.8 Å². The van der Waals surface area contributed by atoms with Crippen molar-refractivity contribution in [2.45, 2.75) is 37.1 Å². The molecule has 1 aliphatic rings. The number of aliphatic hydroxyl groups is 1. The van der Waals surface area contributed by atoms with Crippen LogP contribution in [0.25, 0.3) is 5.69 Å². The molecule has 7 nitrogen and oxygen atoms in total. The van der Waals surface area contributed by atoms with Gasteiger partial charge in [-0.25, -0.2) is 4.98 Å². The molecule has 0 spiro atoms. The Hall–Kier alpha value is -2.36. The summed E-state index contributed by atoms with van der Waals surface area (Å²) in [5, 5.41) is 14.6. The van der Waals surface area contributed by atoms with Gasteiger partial charge in [0.05, 0.1) is 5.69 Å². The van der Waals surface area contributed by atoms with Crippen LogP contribution in [0.15, 0.2) is 46.3 Å². The number of hydrogen-bond donors (Lipinski definition) is 3. The van der Waals surface area contributed by atoms with E-state index in [0.29, 0.717) is 16.7 Å². The maximum atomic E-state index is 11.8. The van der Waals surface area contributed by atoms with Gasteiger partial charge in [-0.3, -0.25) is 9.36 Å². The summed E-state index contributed by atoms with van der Waals surface area (Å²) in [5.74, 6) is 0.608. The van der Waals surface area contributed by atoms with E-state index in [4.69, 9.17) is 5.73 Å². The molecule has 0 bridgehead atoms. The van der Waals surface area contributed by atoms with E-state index in [1.165, 1.54) is 35.5 Å². The lowest BCUT2D eigenvalue weighted by atomic mass is 10.0. The molecule has 0 saturated heterocycles. The Morgan fingerprint density at radius 3 is 2.82 bits per heavy atom. The minimum atomic E-state index is -0.819. The Kier molecular flexibility index (Phi) is 5.65. The van der Waals surface area contributed by atoms with Gasteiger partial charge in [0.15, 0.2) is 10.3 Å². The van der Waals surface area contributed by atoms with Crippen LogP contribution in [0, 0.1) is 0 Å². The number of nitrogens with two attached hydrogens (primary N) is 1. The van der Waals surface area contributed by atoms with Gasteiger partial charge in [-0.1, -0.05) is 30.0 Å². The summed E-state index contributed by atoms with van der Waals surface area (Å²) in [6.45, 7) is 0. The molecule has 0 fully saturated rings. The van der Waals surface area contributed by atoms with Gasteiger partial charge in [-0.2, -0.15) is 4.98 Å². The van der Waals surface area contributed by atoms with Crippen molar-refractivity contribution in [1.29, 1.82) is 0 Å². The zero-order valence-corrected chi connectivity index (χ0v) is 16.8.